The third kappa shape index (κ3) is 4.07. The van der Waals surface area contributed by atoms with Gasteiger partial charge in [-0.2, -0.15) is 0 Å². The Balaban J connectivity index is 1.69. The van der Waals surface area contributed by atoms with Gasteiger partial charge in [-0.05, 0) is 29.7 Å². The summed E-state index contributed by atoms with van der Waals surface area (Å²) in [6.07, 6.45) is 1.09. The van der Waals surface area contributed by atoms with E-state index in [1.807, 2.05) is 12.1 Å². The number of piperazine rings is 1. The first-order valence-corrected chi connectivity index (χ1v) is 7.92. The molecule has 1 fully saturated rings. The Morgan fingerprint density at radius 1 is 1.05 bits per heavy atom. The minimum Gasteiger partial charge on any atom is -0.314 e. The summed E-state index contributed by atoms with van der Waals surface area (Å²) in [6, 6.07) is 19.5. The number of nitrogens with one attached hydrogen (secondary N) is 1. The lowest BCUT2D eigenvalue weighted by Crippen LogP contribution is -2.51. The van der Waals surface area contributed by atoms with Crippen molar-refractivity contribution >= 4 is 11.6 Å². The van der Waals surface area contributed by atoms with Crippen molar-refractivity contribution in [3.63, 3.8) is 0 Å². The maximum absolute atomic E-state index is 6.10. The smallest absolute Gasteiger partial charge is 0.0409 e. The van der Waals surface area contributed by atoms with E-state index in [4.69, 9.17) is 11.6 Å². The molecule has 1 aliphatic rings. The first-order chi connectivity index (χ1) is 10.3. The number of hydrogen-bond donors (Lipinski definition) is 1. The van der Waals surface area contributed by atoms with Crippen LogP contribution in [0.1, 0.15) is 11.1 Å². The van der Waals surface area contributed by atoms with Crippen molar-refractivity contribution in [2.24, 2.45) is 0 Å². The second-order valence-electron chi connectivity index (χ2n) is 5.65. The number of halogens is 1. The van der Waals surface area contributed by atoms with E-state index < -0.39 is 0 Å². The van der Waals surface area contributed by atoms with Crippen molar-refractivity contribution in [2.75, 3.05) is 19.6 Å². The second-order valence-corrected chi connectivity index (χ2v) is 6.08. The van der Waals surface area contributed by atoms with Gasteiger partial charge in [-0.15, -0.1) is 0 Å². The molecule has 0 spiro atoms. The molecule has 0 aromatic heterocycles. The Bertz CT molecular complexity index is 570. The molecule has 2 aromatic rings. The van der Waals surface area contributed by atoms with E-state index in [2.05, 4.69) is 52.7 Å². The van der Waals surface area contributed by atoms with E-state index in [0.29, 0.717) is 6.04 Å². The Morgan fingerprint density at radius 3 is 2.67 bits per heavy atom. The Labute approximate surface area is 131 Å². The van der Waals surface area contributed by atoms with Gasteiger partial charge >= 0.3 is 0 Å². The van der Waals surface area contributed by atoms with E-state index in [1.54, 1.807) is 0 Å². The van der Waals surface area contributed by atoms with Crippen LogP contribution in [0.5, 0.6) is 0 Å². The maximum Gasteiger partial charge on any atom is 0.0409 e. The van der Waals surface area contributed by atoms with E-state index in [9.17, 15) is 0 Å². The minimum atomic E-state index is 0.542. The number of hydrogen-bond acceptors (Lipinski definition) is 2. The third-order valence-corrected chi connectivity index (χ3v) is 4.30. The summed E-state index contributed by atoms with van der Waals surface area (Å²) in [5.74, 6) is 0. The quantitative estimate of drug-likeness (QED) is 0.931. The zero-order valence-electron chi connectivity index (χ0n) is 12.1. The molecule has 1 saturated heterocycles. The molecule has 1 N–H and O–H groups in total. The van der Waals surface area contributed by atoms with Crippen molar-refractivity contribution in [3.8, 4) is 0 Å². The molecule has 0 amide bonds. The van der Waals surface area contributed by atoms with Gasteiger partial charge in [-0.25, -0.2) is 0 Å². The zero-order valence-corrected chi connectivity index (χ0v) is 12.9. The van der Waals surface area contributed by atoms with Gasteiger partial charge in [0.05, 0.1) is 0 Å². The average Bonchev–Trinajstić information content (AvgIpc) is 2.50. The first-order valence-electron chi connectivity index (χ1n) is 7.54. The van der Waals surface area contributed by atoms with Crippen LogP contribution < -0.4 is 5.32 Å². The van der Waals surface area contributed by atoms with Crippen molar-refractivity contribution < 1.29 is 0 Å². The molecule has 2 nitrogen and oxygen atoms in total. The van der Waals surface area contributed by atoms with Crippen LogP contribution in [0.3, 0.4) is 0 Å². The van der Waals surface area contributed by atoms with Crippen LogP contribution in [0, 0.1) is 0 Å². The van der Waals surface area contributed by atoms with E-state index >= 15 is 0 Å². The van der Waals surface area contributed by atoms with Crippen LogP contribution in [-0.2, 0) is 13.0 Å². The fourth-order valence-corrected chi connectivity index (χ4v) is 3.18. The molecule has 110 valence electrons. The lowest BCUT2D eigenvalue weighted by molar-refractivity contribution is 0.152. The van der Waals surface area contributed by atoms with Crippen LogP contribution in [0.15, 0.2) is 54.6 Å². The van der Waals surface area contributed by atoms with Crippen LogP contribution in [0.25, 0.3) is 0 Å². The maximum atomic E-state index is 6.10. The number of nitrogens with zero attached hydrogens (tertiary/aromatic N) is 1. The normalized spacial score (nSPS) is 19.6. The molecule has 0 bridgehead atoms. The van der Waals surface area contributed by atoms with Crippen LogP contribution in [0.2, 0.25) is 5.02 Å². The predicted octanol–water partition coefficient (Wildman–Crippen LogP) is 3.36. The summed E-state index contributed by atoms with van der Waals surface area (Å²) in [5, 5.41) is 4.34. The molecule has 0 radical (unpaired) electrons. The SMILES string of the molecule is Clc1cccc(CN2CCNCC2Cc2ccccc2)c1. The molecule has 0 aliphatic carbocycles. The minimum absolute atomic E-state index is 0.542. The lowest BCUT2D eigenvalue weighted by atomic mass is 10.0. The number of rotatable bonds is 4. The molecule has 2 aromatic carbocycles. The zero-order chi connectivity index (χ0) is 14.5. The van der Waals surface area contributed by atoms with Gasteiger partial charge in [-0.3, -0.25) is 4.90 Å². The molecular formula is C18H21ClN2. The van der Waals surface area contributed by atoms with Crippen molar-refractivity contribution in [1.82, 2.24) is 10.2 Å². The predicted molar refractivity (Wildman–Crippen MR) is 88.7 cm³/mol. The van der Waals surface area contributed by atoms with Crippen LogP contribution in [-0.4, -0.2) is 30.6 Å². The van der Waals surface area contributed by atoms with Gasteiger partial charge in [-0.1, -0.05) is 54.1 Å². The molecule has 0 saturated carbocycles. The Hall–Kier alpha value is -1.35. The highest BCUT2D eigenvalue weighted by Gasteiger charge is 2.22. The average molecular weight is 301 g/mol. The van der Waals surface area contributed by atoms with Crippen molar-refractivity contribution in [1.29, 1.82) is 0 Å². The number of benzene rings is 2. The van der Waals surface area contributed by atoms with E-state index in [0.717, 1.165) is 37.6 Å². The molecule has 1 atom stereocenters. The molecule has 21 heavy (non-hydrogen) atoms. The molecule has 1 aliphatic heterocycles. The van der Waals surface area contributed by atoms with Gasteiger partial charge < -0.3 is 5.32 Å². The van der Waals surface area contributed by atoms with Crippen LogP contribution in [0.4, 0.5) is 0 Å². The summed E-state index contributed by atoms with van der Waals surface area (Å²) < 4.78 is 0. The topological polar surface area (TPSA) is 15.3 Å². The fourth-order valence-electron chi connectivity index (χ4n) is 2.97. The van der Waals surface area contributed by atoms with E-state index in [-0.39, 0.29) is 0 Å². The van der Waals surface area contributed by atoms with Gasteiger partial charge in [0.2, 0.25) is 0 Å². The van der Waals surface area contributed by atoms with Gasteiger partial charge in [0.25, 0.3) is 0 Å². The van der Waals surface area contributed by atoms with Crippen molar-refractivity contribution in [2.45, 2.75) is 19.0 Å². The second kappa shape index (κ2) is 7.08. The standard InChI is InChI=1S/C18H21ClN2/c19-17-8-4-7-16(11-17)14-21-10-9-20-13-18(21)12-15-5-2-1-3-6-15/h1-8,11,18,20H,9-10,12-14H2. The van der Waals surface area contributed by atoms with E-state index in [1.165, 1.54) is 11.1 Å². The molecular weight excluding hydrogens is 280 g/mol. The van der Waals surface area contributed by atoms with Crippen molar-refractivity contribution in [3.05, 3.63) is 70.7 Å². The molecule has 3 rings (SSSR count). The Kier molecular flexibility index (Phi) is 4.91. The largest absolute Gasteiger partial charge is 0.314 e. The molecule has 3 heteroatoms. The summed E-state index contributed by atoms with van der Waals surface area (Å²) in [7, 11) is 0. The fraction of sp³-hybridized carbons (Fsp3) is 0.333. The highest BCUT2D eigenvalue weighted by Crippen LogP contribution is 2.17. The van der Waals surface area contributed by atoms with Gasteiger partial charge in [0, 0.05) is 37.2 Å². The van der Waals surface area contributed by atoms with Crippen LogP contribution >= 0.6 is 11.6 Å². The highest BCUT2D eigenvalue weighted by atomic mass is 35.5. The summed E-state index contributed by atoms with van der Waals surface area (Å²) in [6.45, 7) is 4.17. The lowest BCUT2D eigenvalue weighted by Gasteiger charge is -2.36. The third-order valence-electron chi connectivity index (χ3n) is 4.06. The summed E-state index contributed by atoms with van der Waals surface area (Å²) in [4.78, 5) is 2.56. The van der Waals surface area contributed by atoms with Gasteiger partial charge in [0.15, 0.2) is 0 Å². The first kappa shape index (κ1) is 14.6. The molecule has 1 unspecified atom stereocenters. The monoisotopic (exact) mass is 300 g/mol. The molecule has 1 heterocycles. The summed E-state index contributed by atoms with van der Waals surface area (Å²) >= 11 is 6.10. The Morgan fingerprint density at radius 2 is 1.86 bits per heavy atom. The summed E-state index contributed by atoms with van der Waals surface area (Å²) in [5.41, 5.74) is 2.70. The van der Waals surface area contributed by atoms with Gasteiger partial charge in [0.1, 0.15) is 0 Å². The highest BCUT2D eigenvalue weighted by molar-refractivity contribution is 6.30.